The molecule has 160 valence electrons. The van der Waals surface area contributed by atoms with Crippen LogP contribution in [-0.4, -0.2) is 36.3 Å². The number of pyridine rings is 2. The Morgan fingerprint density at radius 2 is 2.00 bits per heavy atom. The fraction of sp³-hybridized carbons (Fsp3) is 0.286. The minimum atomic E-state index is -0.309. The molecule has 0 bridgehead atoms. The van der Waals surface area contributed by atoms with E-state index in [0.717, 1.165) is 11.1 Å². The quantitative estimate of drug-likeness (QED) is 0.469. The molecular weight excluding hydrogens is 418 g/mol. The molecule has 0 amide bonds. The van der Waals surface area contributed by atoms with Gasteiger partial charge in [-0.1, -0.05) is 11.6 Å². The monoisotopic (exact) mass is 439 g/mol. The normalized spacial score (nSPS) is 12.3. The minimum Gasteiger partial charge on any atom is -0.489 e. The molecule has 31 heavy (non-hydrogen) atoms. The van der Waals surface area contributed by atoms with Crippen molar-refractivity contribution in [3.8, 4) is 11.4 Å². The number of fused-ring (bicyclic) bond motifs is 1. The van der Waals surface area contributed by atoms with Crippen LogP contribution in [0.5, 0.6) is 5.75 Å². The first kappa shape index (κ1) is 20.8. The second kappa shape index (κ2) is 8.35. The van der Waals surface area contributed by atoms with Gasteiger partial charge in [-0.2, -0.15) is 4.68 Å². The van der Waals surface area contributed by atoms with E-state index in [1.54, 1.807) is 29.1 Å². The van der Waals surface area contributed by atoms with Crippen molar-refractivity contribution in [2.45, 2.75) is 39.8 Å². The van der Waals surface area contributed by atoms with E-state index in [2.05, 4.69) is 30.8 Å². The molecule has 1 aromatic carbocycles. The molecule has 4 aromatic rings. The highest BCUT2D eigenvalue weighted by atomic mass is 35.5. The van der Waals surface area contributed by atoms with Crippen LogP contribution in [0.2, 0.25) is 5.02 Å². The molecule has 0 aliphatic carbocycles. The molecule has 1 atom stereocenters. The first-order valence-electron chi connectivity index (χ1n) is 9.83. The molecular formula is C21H22ClN7O2. The maximum absolute atomic E-state index is 12.8. The summed E-state index contributed by atoms with van der Waals surface area (Å²) in [5.74, 6) is 1.80. The van der Waals surface area contributed by atoms with Crippen LogP contribution in [0.1, 0.15) is 38.2 Å². The summed E-state index contributed by atoms with van der Waals surface area (Å²) >= 11 is 6.37. The average Bonchev–Trinajstić information content (AvgIpc) is 3.14. The van der Waals surface area contributed by atoms with Gasteiger partial charge in [0.1, 0.15) is 11.6 Å². The Hall–Kier alpha value is -3.46. The van der Waals surface area contributed by atoms with Gasteiger partial charge in [0.2, 0.25) is 0 Å². The van der Waals surface area contributed by atoms with Gasteiger partial charge >= 0.3 is 0 Å². The number of benzene rings is 1. The third-order valence-electron chi connectivity index (χ3n) is 4.73. The Morgan fingerprint density at radius 1 is 1.19 bits per heavy atom. The Balaban J connectivity index is 1.63. The topological polar surface area (TPSA) is 111 Å². The van der Waals surface area contributed by atoms with E-state index in [0.29, 0.717) is 33.5 Å². The summed E-state index contributed by atoms with van der Waals surface area (Å²) in [5.41, 5.74) is 1.80. The summed E-state index contributed by atoms with van der Waals surface area (Å²) in [4.78, 5) is 20.0. The molecule has 10 heteroatoms. The van der Waals surface area contributed by atoms with Gasteiger partial charge in [0.15, 0.2) is 5.82 Å². The first-order valence-corrected chi connectivity index (χ1v) is 10.2. The summed E-state index contributed by atoms with van der Waals surface area (Å²) in [7, 11) is 0. The summed E-state index contributed by atoms with van der Waals surface area (Å²) in [6.45, 7) is 7.55. The number of anilines is 1. The van der Waals surface area contributed by atoms with Crippen molar-refractivity contribution < 1.29 is 4.74 Å². The SMILES string of the molecule is Cc1nnnn1-c1ccnc(NC(C)c2cc3cc(Cl)c(OC(C)C)cc3[nH]c2=O)c1. The highest BCUT2D eigenvalue weighted by Gasteiger charge is 2.15. The molecule has 0 saturated heterocycles. The van der Waals surface area contributed by atoms with Crippen molar-refractivity contribution in [3.63, 3.8) is 0 Å². The lowest BCUT2D eigenvalue weighted by atomic mass is 10.1. The van der Waals surface area contributed by atoms with Crippen LogP contribution in [-0.2, 0) is 0 Å². The average molecular weight is 440 g/mol. The van der Waals surface area contributed by atoms with E-state index in [-0.39, 0.29) is 17.7 Å². The molecule has 3 heterocycles. The van der Waals surface area contributed by atoms with Crippen LogP contribution >= 0.6 is 11.6 Å². The van der Waals surface area contributed by atoms with Crippen molar-refractivity contribution >= 4 is 28.3 Å². The molecule has 3 aromatic heterocycles. The van der Waals surface area contributed by atoms with Crippen molar-refractivity contribution in [3.05, 3.63) is 63.3 Å². The third kappa shape index (κ3) is 4.36. The number of tetrazole rings is 1. The van der Waals surface area contributed by atoms with Gasteiger partial charge < -0.3 is 15.0 Å². The number of rotatable bonds is 6. The summed E-state index contributed by atoms with van der Waals surface area (Å²) in [5, 5.41) is 16.1. The highest BCUT2D eigenvalue weighted by molar-refractivity contribution is 6.32. The lowest BCUT2D eigenvalue weighted by Crippen LogP contribution is -2.20. The number of aromatic nitrogens is 6. The summed E-state index contributed by atoms with van der Waals surface area (Å²) in [6.07, 6.45) is 1.64. The van der Waals surface area contributed by atoms with Gasteiger partial charge in [-0.25, -0.2) is 4.98 Å². The van der Waals surface area contributed by atoms with E-state index in [4.69, 9.17) is 16.3 Å². The van der Waals surface area contributed by atoms with Crippen LogP contribution in [0.3, 0.4) is 0 Å². The fourth-order valence-electron chi connectivity index (χ4n) is 3.29. The maximum atomic E-state index is 12.8. The van der Waals surface area contributed by atoms with Crippen molar-refractivity contribution in [1.82, 2.24) is 30.2 Å². The predicted molar refractivity (Wildman–Crippen MR) is 119 cm³/mol. The molecule has 0 spiro atoms. The largest absolute Gasteiger partial charge is 0.489 e. The van der Waals surface area contributed by atoms with E-state index in [1.807, 2.05) is 39.8 Å². The zero-order valence-electron chi connectivity index (χ0n) is 17.5. The zero-order chi connectivity index (χ0) is 22.1. The maximum Gasteiger partial charge on any atom is 0.253 e. The van der Waals surface area contributed by atoms with Gasteiger partial charge in [-0.15, -0.1) is 5.10 Å². The number of nitrogens with zero attached hydrogens (tertiary/aromatic N) is 5. The van der Waals surface area contributed by atoms with Gasteiger partial charge in [0.05, 0.1) is 28.4 Å². The van der Waals surface area contributed by atoms with E-state index in [1.165, 1.54) is 0 Å². The van der Waals surface area contributed by atoms with Gasteiger partial charge in [-0.3, -0.25) is 4.79 Å². The smallest absolute Gasteiger partial charge is 0.253 e. The van der Waals surface area contributed by atoms with E-state index < -0.39 is 0 Å². The molecule has 0 saturated carbocycles. The Morgan fingerprint density at radius 3 is 2.71 bits per heavy atom. The second-order valence-electron chi connectivity index (χ2n) is 7.49. The molecule has 9 nitrogen and oxygen atoms in total. The third-order valence-corrected chi connectivity index (χ3v) is 5.03. The molecule has 0 aliphatic heterocycles. The van der Waals surface area contributed by atoms with E-state index >= 15 is 0 Å². The second-order valence-corrected chi connectivity index (χ2v) is 7.90. The molecule has 0 aliphatic rings. The number of H-pyrrole nitrogens is 1. The molecule has 4 rings (SSSR count). The lowest BCUT2D eigenvalue weighted by molar-refractivity contribution is 0.243. The number of aryl methyl sites for hydroxylation is 1. The number of hydrogen-bond donors (Lipinski definition) is 2. The number of nitrogens with one attached hydrogen (secondary N) is 2. The predicted octanol–water partition coefficient (Wildman–Crippen LogP) is 3.82. The van der Waals surface area contributed by atoms with Crippen molar-refractivity contribution in [2.75, 3.05) is 5.32 Å². The number of hydrogen-bond acceptors (Lipinski definition) is 7. The number of ether oxygens (including phenoxy) is 1. The summed E-state index contributed by atoms with van der Waals surface area (Å²) < 4.78 is 7.32. The summed E-state index contributed by atoms with van der Waals surface area (Å²) in [6, 6.07) is 8.69. The van der Waals surface area contributed by atoms with Crippen LogP contribution in [0, 0.1) is 6.92 Å². The van der Waals surface area contributed by atoms with Crippen molar-refractivity contribution in [1.29, 1.82) is 0 Å². The van der Waals surface area contributed by atoms with Crippen molar-refractivity contribution in [2.24, 2.45) is 0 Å². The standard InChI is InChI=1S/C21H22ClN7O2/c1-11(2)31-19-10-18-14(8-17(19)22)7-16(21(30)25-18)12(3)24-20-9-15(5-6-23-20)29-13(4)26-27-28-29/h5-12H,1-4H3,(H,23,24)(H,25,30). The van der Waals surface area contributed by atoms with Gasteiger partial charge in [0.25, 0.3) is 5.56 Å². The Bertz CT molecular complexity index is 1300. The molecule has 2 N–H and O–H groups in total. The van der Waals surface area contributed by atoms with E-state index in [9.17, 15) is 4.79 Å². The first-order chi connectivity index (χ1) is 14.8. The number of aromatic amines is 1. The van der Waals surface area contributed by atoms with Crippen LogP contribution in [0.4, 0.5) is 5.82 Å². The highest BCUT2D eigenvalue weighted by Crippen LogP contribution is 2.30. The fourth-order valence-corrected chi connectivity index (χ4v) is 3.51. The van der Waals surface area contributed by atoms with Crippen LogP contribution < -0.4 is 15.6 Å². The van der Waals surface area contributed by atoms with Crippen LogP contribution in [0.15, 0.2) is 41.3 Å². The molecule has 0 fully saturated rings. The molecule has 0 radical (unpaired) electrons. The Kier molecular flexibility index (Phi) is 5.60. The number of halogens is 1. The van der Waals surface area contributed by atoms with Gasteiger partial charge in [0, 0.05) is 29.3 Å². The minimum absolute atomic E-state index is 0.0227. The molecule has 1 unspecified atom stereocenters. The zero-order valence-corrected chi connectivity index (χ0v) is 18.3. The van der Waals surface area contributed by atoms with Gasteiger partial charge in [-0.05, 0) is 56.3 Å². The Labute approximate surface area is 183 Å². The lowest BCUT2D eigenvalue weighted by Gasteiger charge is -2.16. The van der Waals surface area contributed by atoms with Crippen LogP contribution in [0.25, 0.3) is 16.6 Å².